The quantitative estimate of drug-likeness (QED) is 0.179. The van der Waals surface area contributed by atoms with Gasteiger partial charge in [-0.05, 0) is 53.9 Å². The van der Waals surface area contributed by atoms with Crippen molar-refractivity contribution in [3.63, 3.8) is 0 Å². The minimum absolute atomic E-state index is 0.0361. The van der Waals surface area contributed by atoms with Crippen LogP contribution in [0.4, 0.5) is 14.9 Å². The van der Waals surface area contributed by atoms with Crippen LogP contribution in [0.5, 0.6) is 0 Å². The lowest BCUT2D eigenvalue weighted by Gasteiger charge is -2.23. The van der Waals surface area contributed by atoms with Crippen LogP contribution in [0.25, 0.3) is 22.6 Å². The number of benzene rings is 3. The van der Waals surface area contributed by atoms with E-state index in [1.165, 1.54) is 24.3 Å². The molecule has 0 spiro atoms. The van der Waals surface area contributed by atoms with Crippen LogP contribution < -0.4 is 16.2 Å². The molecule has 6 rings (SSSR count). The number of nitrogens with one attached hydrogen (secondary N) is 2. The number of oxazole rings is 1. The first-order valence-corrected chi connectivity index (χ1v) is 14.9. The normalized spacial score (nSPS) is 12.3. The number of aliphatic hydroxyl groups is 1. The van der Waals surface area contributed by atoms with Gasteiger partial charge >= 0.3 is 6.09 Å². The number of amides is 2. The van der Waals surface area contributed by atoms with E-state index in [-0.39, 0.29) is 30.4 Å². The van der Waals surface area contributed by atoms with Gasteiger partial charge in [0, 0.05) is 11.8 Å². The molecule has 0 saturated heterocycles. The topological polar surface area (TPSA) is 161 Å². The fourth-order valence-corrected chi connectivity index (χ4v) is 5.01. The van der Waals surface area contributed by atoms with E-state index < -0.39 is 42.1 Å². The van der Waals surface area contributed by atoms with Gasteiger partial charge in [-0.1, -0.05) is 60.7 Å². The van der Waals surface area contributed by atoms with E-state index >= 15 is 0 Å². The second kappa shape index (κ2) is 14.5. The van der Waals surface area contributed by atoms with Crippen LogP contribution in [0, 0.1) is 5.82 Å². The molecule has 0 saturated carbocycles. The Morgan fingerprint density at radius 2 is 1.62 bits per heavy atom. The Balaban J connectivity index is 1.27. The van der Waals surface area contributed by atoms with Crippen molar-refractivity contribution in [3.05, 3.63) is 143 Å². The van der Waals surface area contributed by atoms with Crippen LogP contribution >= 0.6 is 0 Å². The standard InChI is InChI=1S/C35H29FN6O6/c36-25-15-13-24(14-16-25)32-38-19-27(40-35(46)47-21-23-10-5-2-6-11-23)34(45)42(32)20-29(43)39-26(18-22-8-3-1-4-9-22)30(44)33-41-31-28(48-33)12-7-17-37-31/h1-17,19,26,30,44H,18,20-21H2,(H,39,43)(H,40,46). The van der Waals surface area contributed by atoms with E-state index in [0.29, 0.717) is 16.8 Å². The summed E-state index contributed by atoms with van der Waals surface area (Å²) in [6.07, 6.45) is 0.583. The fraction of sp³-hybridized carbons (Fsp3) is 0.143. The Morgan fingerprint density at radius 3 is 2.33 bits per heavy atom. The number of nitrogens with zero attached hydrogens (tertiary/aromatic N) is 4. The summed E-state index contributed by atoms with van der Waals surface area (Å²) < 4.78 is 25.8. The molecule has 0 bridgehead atoms. The van der Waals surface area contributed by atoms with Gasteiger partial charge in [-0.3, -0.25) is 19.5 Å². The summed E-state index contributed by atoms with van der Waals surface area (Å²) in [5.74, 6) is -1.17. The zero-order chi connectivity index (χ0) is 33.5. The van der Waals surface area contributed by atoms with Gasteiger partial charge < -0.3 is 19.6 Å². The highest BCUT2D eigenvalue weighted by atomic mass is 19.1. The predicted molar refractivity (Wildman–Crippen MR) is 173 cm³/mol. The van der Waals surface area contributed by atoms with Crippen LogP contribution in [0.15, 0.2) is 119 Å². The number of ether oxygens (including phenoxy) is 1. The van der Waals surface area contributed by atoms with Gasteiger partial charge in [0.2, 0.25) is 11.8 Å². The van der Waals surface area contributed by atoms with Crippen LogP contribution in [0.2, 0.25) is 0 Å². The number of halogens is 1. The van der Waals surface area contributed by atoms with E-state index in [4.69, 9.17) is 9.15 Å². The highest BCUT2D eigenvalue weighted by molar-refractivity contribution is 5.84. The van der Waals surface area contributed by atoms with E-state index in [2.05, 4.69) is 25.6 Å². The van der Waals surface area contributed by atoms with Gasteiger partial charge in [0.25, 0.3) is 5.56 Å². The average molecular weight is 649 g/mol. The van der Waals surface area contributed by atoms with Crippen LogP contribution in [0.1, 0.15) is 23.1 Å². The van der Waals surface area contributed by atoms with E-state index in [1.54, 1.807) is 42.6 Å². The molecule has 242 valence electrons. The number of carbonyl (C=O) groups excluding carboxylic acids is 2. The molecule has 2 amide bonds. The number of carbonyl (C=O) groups is 2. The third-order valence-corrected chi connectivity index (χ3v) is 7.36. The monoisotopic (exact) mass is 648 g/mol. The predicted octanol–water partition coefficient (Wildman–Crippen LogP) is 4.80. The van der Waals surface area contributed by atoms with E-state index in [9.17, 15) is 23.9 Å². The number of aromatic nitrogens is 4. The van der Waals surface area contributed by atoms with Gasteiger partial charge in [-0.15, -0.1) is 0 Å². The highest BCUT2D eigenvalue weighted by Crippen LogP contribution is 2.24. The molecular weight excluding hydrogens is 619 g/mol. The molecule has 12 nitrogen and oxygen atoms in total. The Labute approximate surface area is 272 Å². The van der Waals surface area contributed by atoms with Crippen molar-refractivity contribution >= 4 is 28.9 Å². The summed E-state index contributed by atoms with van der Waals surface area (Å²) in [4.78, 5) is 52.7. The lowest BCUT2D eigenvalue weighted by molar-refractivity contribution is -0.123. The number of hydrogen-bond acceptors (Lipinski definition) is 9. The number of fused-ring (bicyclic) bond motifs is 1. The number of rotatable bonds is 11. The summed E-state index contributed by atoms with van der Waals surface area (Å²) >= 11 is 0. The molecule has 3 aromatic heterocycles. The number of anilines is 1. The maximum absolute atomic E-state index is 13.7. The molecule has 0 fully saturated rings. The summed E-state index contributed by atoms with van der Waals surface area (Å²) in [6, 6.07) is 25.8. The van der Waals surface area contributed by atoms with Crippen LogP contribution in [-0.4, -0.2) is 42.7 Å². The SMILES string of the molecule is O=C(Cn1c(-c2ccc(F)cc2)ncc(NC(=O)OCc2ccccc2)c1=O)NC(Cc1ccccc1)C(O)c1nc2ncccc2o1. The minimum atomic E-state index is -1.39. The molecule has 0 aliphatic rings. The Morgan fingerprint density at radius 1 is 0.917 bits per heavy atom. The minimum Gasteiger partial charge on any atom is -0.444 e. The number of hydrogen-bond donors (Lipinski definition) is 3. The number of pyridine rings is 1. The largest absolute Gasteiger partial charge is 0.444 e. The first kappa shape index (κ1) is 31.8. The van der Waals surface area contributed by atoms with Gasteiger partial charge in [-0.25, -0.2) is 19.2 Å². The van der Waals surface area contributed by atoms with Crippen LogP contribution in [0.3, 0.4) is 0 Å². The van der Waals surface area contributed by atoms with Crippen molar-refractivity contribution < 1.29 is 28.2 Å². The van der Waals surface area contributed by atoms with Crippen molar-refractivity contribution in [2.45, 2.75) is 31.7 Å². The van der Waals surface area contributed by atoms with Crippen LogP contribution in [-0.2, 0) is 29.1 Å². The fourth-order valence-electron chi connectivity index (χ4n) is 5.01. The van der Waals surface area contributed by atoms with Crippen molar-refractivity contribution in [1.82, 2.24) is 24.8 Å². The van der Waals surface area contributed by atoms with Crippen molar-refractivity contribution in [3.8, 4) is 11.4 Å². The molecule has 3 N–H and O–H groups in total. The molecule has 48 heavy (non-hydrogen) atoms. The Bertz CT molecular complexity index is 2050. The molecule has 0 radical (unpaired) electrons. The molecule has 3 aromatic carbocycles. The van der Waals surface area contributed by atoms with Crippen molar-refractivity contribution in [1.29, 1.82) is 0 Å². The van der Waals surface area contributed by atoms with Crippen molar-refractivity contribution in [2.24, 2.45) is 0 Å². The first-order chi connectivity index (χ1) is 23.3. The molecule has 3 heterocycles. The second-order valence-electron chi connectivity index (χ2n) is 10.8. The Hall–Kier alpha value is -6.21. The molecule has 2 atom stereocenters. The molecular formula is C35H29FN6O6. The molecule has 13 heteroatoms. The van der Waals surface area contributed by atoms with E-state index in [1.807, 2.05) is 36.4 Å². The van der Waals surface area contributed by atoms with Gasteiger partial charge in [0.15, 0.2) is 17.3 Å². The van der Waals surface area contributed by atoms with Crippen molar-refractivity contribution in [2.75, 3.05) is 5.32 Å². The highest BCUT2D eigenvalue weighted by Gasteiger charge is 2.29. The van der Waals surface area contributed by atoms with E-state index in [0.717, 1.165) is 21.9 Å². The lowest BCUT2D eigenvalue weighted by atomic mass is 10.0. The third kappa shape index (κ3) is 7.59. The molecule has 6 aromatic rings. The molecule has 0 aliphatic heterocycles. The maximum Gasteiger partial charge on any atom is 0.412 e. The zero-order valence-electron chi connectivity index (χ0n) is 25.3. The van der Waals surface area contributed by atoms with Gasteiger partial charge in [0.05, 0.1) is 12.2 Å². The third-order valence-electron chi connectivity index (χ3n) is 7.36. The zero-order valence-corrected chi connectivity index (χ0v) is 25.3. The van der Waals surface area contributed by atoms with Gasteiger partial charge in [-0.2, -0.15) is 4.98 Å². The summed E-state index contributed by atoms with van der Waals surface area (Å²) in [6.45, 7) is -0.605. The summed E-state index contributed by atoms with van der Waals surface area (Å²) in [5, 5.41) is 16.6. The molecule has 2 unspecified atom stereocenters. The number of aliphatic hydroxyl groups excluding tert-OH is 1. The summed E-state index contributed by atoms with van der Waals surface area (Å²) in [5.41, 5.74) is 1.55. The Kier molecular flexibility index (Phi) is 9.58. The molecule has 0 aliphatic carbocycles. The average Bonchev–Trinajstić information content (AvgIpc) is 3.54. The smallest absolute Gasteiger partial charge is 0.412 e. The summed E-state index contributed by atoms with van der Waals surface area (Å²) in [7, 11) is 0. The second-order valence-corrected chi connectivity index (χ2v) is 10.8. The first-order valence-electron chi connectivity index (χ1n) is 14.9. The van der Waals surface area contributed by atoms with Gasteiger partial charge in [0.1, 0.15) is 30.5 Å². The maximum atomic E-state index is 13.7. The lowest BCUT2D eigenvalue weighted by Crippen LogP contribution is -2.44.